The minimum atomic E-state index is -4.29. The van der Waals surface area contributed by atoms with Crippen molar-refractivity contribution in [3.05, 3.63) is 0 Å². The highest BCUT2D eigenvalue weighted by Gasteiger charge is 2.36. The van der Waals surface area contributed by atoms with Crippen LogP contribution in [0.1, 0.15) is 176 Å². The van der Waals surface area contributed by atoms with E-state index in [0.29, 0.717) is 46.5 Å². The fourth-order valence-electron chi connectivity index (χ4n) is 3.84. The Kier molecular flexibility index (Phi) is 35.7. The minimum Gasteiger partial charge on any atom is -0.748 e. The molecule has 0 rings (SSSR count). The number of rotatable bonds is 29. The van der Waals surface area contributed by atoms with Crippen molar-refractivity contribution >= 4 is 57.9 Å². The van der Waals surface area contributed by atoms with Gasteiger partial charge in [0, 0.05) is 32.9 Å². The number of halogens is 6. The summed E-state index contributed by atoms with van der Waals surface area (Å²) in [5.41, 5.74) is -2.57. The molecule has 0 radical (unpaired) electrons. The molecule has 0 aliphatic heterocycles. The number of carbonyl (C=O) groups is 8. The van der Waals surface area contributed by atoms with Crippen LogP contribution >= 0.6 is 0 Å². The lowest BCUT2D eigenvalue weighted by Gasteiger charge is -2.23. The molecule has 0 N–H and O–H groups in total. The van der Waals surface area contributed by atoms with E-state index in [1.807, 2.05) is 13.8 Å². The van der Waals surface area contributed by atoms with Crippen molar-refractivity contribution < 1.29 is 116 Å². The SMILES string of the molecule is CCC(C)(C)C(=O)OC(C)CC(=O)OCCCS(=O)(=O)[O-].CCC(C)(C)C(=O)OCC(=O)OC(C)C(C)(F)F.CCC(C)(C)C(=O)OCC(=O)OCC(C)(F)F.CCC(C)(C)C(=O)OCCCC(=O)OC(C)C(C)(F)F. The van der Waals surface area contributed by atoms with Crippen LogP contribution in [-0.4, -0.2) is 136 Å². The average Bonchev–Trinajstić information content (AvgIpc) is 3.28. The van der Waals surface area contributed by atoms with Gasteiger partial charge in [-0.3, -0.25) is 28.8 Å². The number of carbonyl (C=O) groups excluding carboxylic acids is 8. The first-order chi connectivity index (χ1) is 34.1. The van der Waals surface area contributed by atoms with Crippen LogP contribution in [0.15, 0.2) is 0 Å². The Balaban J connectivity index is -0.000000456. The molecule has 0 aromatic rings. The predicted octanol–water partition coefficient (Wildman–Crippen LogP) is 9.27. The summed E-state index contributed by atoms with van der Waals surface area (Å²) < 4.78 is 144. The number of esters is 8. The molecule has 0 heterocycles. The van der Waals surface area contributed by atoms with E-state index in [0.717, 1.165) is 13.8 Å². The smallest absolute Gasteiger partial charge is 0.344 e. The van der Waals surface area contributed by atoms with Crippen LogP contribution in [-0.2, 0) is 86.4 Å². The molecule has 0 aliphatic rings. The molecule has 0 bridgehead atoms. The van der Waals surface area contributed by atoms with Crippen LogP contribution in [0.3, 0.4) is 0 Å². The summed E-state index contributed by atoms with van der Waals surface area (Å²) in [7, 11) is -4.29. The standard InChI is InChI=1S/C14H24F2O4.C13H24O7S.C12H20F2O4.C11H18F2O4/c1-6-13(3,4)12(18)19-9-7-8-11(17)20-10(2)14(5,15)16;1-5-13(3,4)12(15)20-10(2)9-11(14)19-7-6-8-21(16,17)18;1-6-11(3,4)10(16)17-7-9(15)18-8(2)12(5,13)14;1-5-10(2,3)9(15)16-6-8(14)17-7-11(4,12)13/h10H,6-9H2,1-5H3;10H,5-9H2,1-4H3,(H,16,17,18);8H,6-7H2,1-5H3;5-7H2,1-4H3/p-1. The largest absolute Gasteiger partial charge is 0.748 e. The third kappa shape index (κ3) is 39.6. The first-order valence-corrected chi connectivity index (χ1v) is 26.1. The Morgan fingerprint density at radius 1 is 0.461 bits per heavy atom. The zero-order valence-electron chi connectivity index (χ0n) is 47.6. The minimum absolute atomic E-state index is 0.0470. The Labute approximate surface area is 444 Å². The van der Waals surface area contributed by atoms with Crippen LogP contribution in [0.25, 0.3) is 0 Å². The molecule has 0 saturated heterocycles. The van der Waals surface area contributed by atoms with E-state index in [2.05, 4.69) is 18.9 Å². The van der Waals surface area contributed by atoms with Crippen molar-refractivity contribution in [2.24, 2.45) is 21.7 Å². The quantitative estimate of drug-likeness (QED) is 0.0222. The molecule has 0 fully saturated rings. The van der Waals surface area contributed by atoms with E-state index < -0.39 is 129 Å². The second-order valence-electron chi connectivity index (χ2n) is 20.5. The summed E-state index contributed by atoms with van der Waals surface area (Å²) in [5.74, 6) is -15.0. The molecule has 26 heteroatoms. The van der Waals surface area contributed by atoms with Crippen molar-refractivity contribution in [2.45, 2.75) is 212 Å². The van der Waals surface area contributed by atoms with E-state index >= 15 is 0 Å². The Hall–Kier alpha value is -4.75. The number of alkyl halides is 6. The maximum atomic E-state index is 12.8. The molecule has 0 aliphatic carbocycles. The van der Waals surface area contributed by atoms with Crippen LogP contribution in [0.5, 0.6) is 0 Å². The fraction of sp³-hybridized carbons (Fsp3) is 0.840. The van der Waals surface area contributed by atoms with Crippen LogP contribution in [0.4, 0.5) is 26.3 Å². The molecule has 448 valence electrons. The van der Waals surface area contributed by atoms with Crippen molar-refractivity contribution in [1.29, 1.82) is 0 Å². The molecule has 0 aromatic heterocycles. The van der Waals surface area contributed by atoms with Gasteiger partial charge in [-0.1, -0.05) is 27.7 Å². The third-order valence-electron chi connectivity index (χ3n) is 11.2. The molecule has 3 atom stereocenters. The van der Waals surface area contributed by atoms with Gasteiger partial charge in [0.05, 0.1) is 51.4 Å². The summed E-state index contributed by atoms with van der Waals surface area (Å²) in [6, 6.07) is 0. The lowest BCUT2D eigenvalue weighted by Crippen LogP contribution is -2.34. The second-order valence-corrected chi connectivity index (χ2v) is 22.0. The Morgan fingerprint density at radius 2 is 0.816 bits per heavy atom. The van der Waals surface area contributed by atoms with Gasteiger partial charge in [0.25, 0.3) is 17.8 Å². The predicted molar refractivity (Wildman–Crippen MR) is 263 cm³/mol. The van der Waals surface area contributed by atoms with Crippen molar-refractivity contribution in [3.8, 4) is 0 Å². The monoisotopic (exact) mass is 1140 g/mol. The average molecular weight is 1140 g/mol. The topological polar surface area (TPSA) is 268 Å². The van der Waals surface area contributed by atoms with E-state index in [1.165, 1.54) is 0 Å². The molecular weight excluding hydrogens is 1050 g/mol. The molecule has 76 heavy (non-hydrogen) atoms. The van der Waals surface area contributed by atoms with E-state index in [-0.39, 0.29) is 50.8 Å². The number of hydrogen-bond acceptors (Lipinski definition) is 19. The summed E-state index contributed by atoms with van der Waals surface area (Å²) in [6.45, 7) is 24.5. The highest BCUT2D eigenvalue weighted by molar-refractivity contribution is 7.85. The number of hydrogen-bond donors (Lipinski definition) is 0. The summed E-state index contributed by atoms with van der Waals surface area (Å²) in [5, 5.41) is 0. The summed E-state index contributed by atoms with van der Waals surface area (Å²) >= 11 is 0. The molecule has 3 unspecified atom stereocenters. The van der Waals surface area contributed by atoms with E-state index in [9.17, 15) is 77.7 Å². The lowest BCUT2D eigenvalue weighted by atomic mass is 9.90. The molecular formula is C50H85F6O19S-. The van der Waals surface area contributed by atoms with Crippen molar-refractivity contribution in [2.75, 3.05) is 38.8 Å². The fourth-order valence-corrected chi connectivity index (χ4v) is 4.31. The summed E-state index contributed by atoms with van der Waals surface area (Å²) in [4.78, 5) is 91.2. The first kappa shape index (κ1) is 77.7. The normalized spacial score (nSPS) is 13.4. The maximum absolute atomic E-state index is 12.8. The van der Waals surface area contributed by atoms with Crippen molar-refractivity contribution in [3.63, 3.8) is 0 Å². The molecule has 0 aromatic carbocycles. The van der Waals surface area contributed by atoms with Gasteiger partial charge in [0.2, 0.25) is 0 Å². The van der Waals surface area contributed by atoms with E-state index in [1.54, 1.807) is 76.2 Å². The first-order valence-electron chi connectivity index (χ1n) is 24.6. The van der Waals surface area contributed by atoms with Gasteiger partial charge >= 0.3 is 47.8 Å². The maximum Gasteiger partial charge on any atom is 0.344 e. The van der Waals surface area contributed by atoms with Gasteiger partial charge in [-0.2, -0.15) is 0 Å². The molecule has 19 nitrogen and oxygen atoms in total. The van der Waals surface area contributed by atoms with Crippen LogP contribution in [0, 0.1) is 21.7 Å². The molecule has 0 saturated carbocycles. The zero-order chi connectivity index (χ0) is 60.9. The van der Waals surface area contributed by atoms with Gasteiger partial charge in [-0.15, -0.1) is 0 Å². The van der Waals surface area contributed by atoms with Gasteiger partial charge < -0.3 is 42.4 Å². The second kappa shape index (κ2) is 34.9. The molecule has 0 spiro atoms. The van der Waals surface area contributed by atoms with Crippen molar-refractivity contribution in [1.82, 2.24) is 0 Å². The van der Waals surface area contributed by atoms with Crippen LogP contribution < -0.4 is 0 Å². The van der Waals surface area contributed by atoms with E-state index in [4.69, 9.17) is 18.9 Å². The van der Waals surface area contributed by atoms with Gasteiger partial charge in [0.15, 0.2) is 32.0 Å². The highest BCUT2D eigenvalue weighted by atomic mass is 32.2. The molecule has 0 amide bonds. The van der Waals surface area contributed by atoms with Gasteiger partial charge in [-0.05, 0) is 115 Å². The summed E-state index contributed by atoms with van der Waals surface area (Å²) in [6.07, 6.45) is -1.24. The zero-order valence-corrected chi connectivity index (χ0v) is 48.4. The lowest BCUT2D eigenvalue weighted by molar-refractivity contribution is -0.177. The third-order valence-corrected chi connectivity index (χ3v) is 12.0. The Bertz CT molecular complexity index is 1920. The van der Waals surface area contributed by atoms with Gasteiger partial charge in [0.1, 0.15) is 6.10 Å². The highest BCUT2D eigenvalue weighted by Crippen LogP contribution is 2.26. The van der Waals surface area contributed by atoms with Crippen LogP contribution in [0.2, 0.25) is 0 Å². The Morgan fingerprint density at radius 3 is 1.18 bits per heavy atom. The number of ether oxygens (including phenoxy) is 8. The van der Waals surface area contributed by atoms with Gasteiger partial charge in [-0.25, -0.2) is 44.3 Å².